The lowest BCUT2D eigenvalue weighted by atomic mass is 10.2. The van der Waals surface area contributed by atoms with Gasteiger partial charge in [-0.3, -0.25) is 4.79 Å². The van der Waals surface area contributed by atoms with Crippen LogP contribution in [0.5, 0.6) is 5.75 Å². The number of nitrogens with two attached hydrogens (primary N) is 1. The van der Waals surface area contributed by atoms with Crippen molar-refractivity contribution in [3.63, 3.8) is 0 Å². The lowest BCUT2D eigenvalue weighted by Crippen LogP contribution is -2.25. The Bertz CT molecular complexity index is 423. The van der Waals surface area contributed by atoms with Gasteiger partial charge in [-0.2, -0.15) is 0 Å². The molecule has 0 fully saturated rings. The number of ether oxygens (including phenoxy) is 1. The summed E-state index contributed by atoms with van der Waals surface area (Å²) in [6.07, 6.45) is 0. The molecule has 4 nitrogen and oxygen atoms in total. The van der Waals surface area contributed by atoms with E-state index in [1.807, 2.05) is 0 Å². The van der Waals surface area contributed by atoms with Crippen molar-refractivity contribution < 1.29 is 13.9 Å². The Kier molecular flexibility index (Phi) is 4.19. The third kappa shape index (κ3) is 2.90. The standard InChI is InChI=1S/C10H11FN2O2S/c1-13-8(14)5-15-7-4-2-3-6(11)9(7)10(12)16/h2-4H,5H2,1H3,(H2,12,16)(H,13,14). The largest absolute Gasteiger partial charge is 0.483 e. The number of rotatable bonds is 4. The molecule has 1 rings (SSSR count). The van der Waals surface area contributed by atoms with E-state index in [1.54, 1.807) is 0 Å². The van der Waals surface area contributed by atoms with E-state index in [4.69, 9.17) is 22.7 Å². The first-order chi connectivity index (χ1) is 7.56. The van der Waals surface area contributed by atoms with Gasteiger partial charge in [0.25, 0.3) is 5.91 Å². The normalized spacial score (nSPS) is 9.62. The molecule has 16 heavy (non-hydrogen) atoms. The van der Waals surface area contributed by atoms with E-state index in [1.165, 1.54) is 25.2 Å². The molecule has 0 aliphatic heterocycles. The number of halogens is 1. The Labute approximate surface area is 97.6 Å². The fourth-order valence-corrected chi connectivity index (χ4v) is 1.28. The second-order valence-corrected chi connectivity index (χ2v) is 3.38. The summed E-state index contributed by atoms with van der Waals surface area (Å²) in [4.78, 5) is 10.9. The summed E-state index contributed by atoms with van der Waals surface area (Å²) in [5.41, 5.74) is 5.38. The van der Waals surface area contributed by atoms with Gasteiger partial charge in [-0.15, -0.1) is 0 Å². The molecule has 0 aromatic heterocycles. The lowest BCUT2D eigenvalue weighted by molar-refractivity contribution is -0.122. The van der Waals surface area contributed by atoms with Gasteiger partial charge in [-0.1, -0.05) is 18.3 Å². The molecule has 0 saturated heterocycles. The van der Waals surface area contributed by atoms with Crippen LogP contribution in [0.1, 0.15) is 5.56 Å². The number of benzene rings is 1. The molecular formula is C10H11FN2O2S. The molecule has 1 aromatic rings. The number of nitrogens with one attached hydrogen (secondary N) is 1. The van der Waals surface area contributed by atoms with Gasteiger partial charge >= 0.3 is 0 Å². The van der Waals surface area contributed by atoms with Gasteiger partial charge in [-0.05, 0) is 12.1 Å². The van der Waals surface area contributed by atoms with Crippen LogP contribution < -0.4 is 15.8 Å². The van der Waals surface area contributed by atoms with E-state index in [0.29, 0.717) is 0 Å². The molecule has 1 aromatic carbocycles. The van der Waals surface area contributed by atoms with Crippen LogP contribution in [0.2, 0.25) is 0 Å². The van der Waals surface area contributed by atoms with Crippen molar-refractivity contribution in [1.29, 1.82) is 0 Å². The van der Waals surface area contributed by atoms with Crippen LogP contribution in [-0.4, -0.2) is 24.6 Å². The number of thiocarbonyl (C=S) groups is 1. The van der Waals surface area contributed by atoms with E-state index < -0.39 is 5.82 Å². The Morgan fingerprint density at radius 2 is 2.31 bits per heavy atom. The van der Waals surface area contributed by atoms with Crippen molar-refractivity contribution in [1.82, 2.24) is 5.32 Å². The minimum absolute atomic E-state index is 0.0152. The molecule has 86 valence electrons. The number of hydrogen-bond donors (Lipinski definition) is 2. The van der Waals surface area contributed by atoms with Crippen LogP contribution in [-0.2, 0) is 4.79 Å². The van der Waals surface area contributed by atoms with E-state index in [2.05, 4.69) is 5.32 Å². The van der Waals surface area contributed by atoms with Crippen molar-refractivity contribution in [2.24, 2.45) is 5.73 Å². The summed E-state index contributed by atoms with van der Waals surface area (Å²) in [6, 6.07) is 4.18. The quantitative estimate of drug-likeness (QED) is 0.758. The molecular weight excluding hydrogens is 231 g/mol. The van der Waals surface area contributed by atoms with E-state index in [9.17, 15) is 9.18 Å². The van der Waals surface area contributed by atoms with Gasteiger partial charge in [0.15, 0.2) is 6.61 Å². The molecule has 0 aliphatic carbocycles. The molecule has 0 saturated carbocycles. The monoisotopic (exact) mass is 242 g/mol. The van der Waals surface area contributed by atoms with Gasteiger partial charge in [-0.25, -0.2) is 4.39 Å². The highest BCUT2D eigenvalue weighted by Gasteiger charge is 2.12. The third-order valence-corrected chi connectivity index (χ3v) is 2.06. The van der Waals surface area contributed by atoms with Gasteiger partial charge in [0, 0.05) is 7.05 Å². The first-order valence-corrected chi connectivity index (χ1v) is 4.88. The maximum Gasteiger partial charge on any atom is 0.257 e. The van der Waals surface area contributed by atoms with E-state index >= 15 is 0 Å². The Hall–Kier alpha value is -1.69. The zero-order valence-corrected chi connectivity index (χ0v) is 9.44. The van der Waals surface area contributed by atoms with Crippen molar-refractivity contribution in [3.8, 4) is 5.75 Å². The van der Waals surface area contributed by atoms with Crippen LogP contribution in [0.3, 0.4) is 0 Å². The topological polar surface area (TPSA) is 64.3 Å². The number of carbonyl (C=O) groups is 1. The highest BCUT2D eigenvalue weighted by Crippen LogP contribution is 2.21. The van der Waals surface area contributed by atoms with Gasteiger partial charge in [0.05, 0.1) is 5.56 Å². The summed E-state index contributed by atoms with van der Waals surface area (Å²) in [6.45, 7) is -0.213. The van der Waals surface area contributed by atoms with Crippen molar-refractivity contribution >= 4 is 23.1 Å². The summed E-state index contributed by atoms with van der Waals surface area (Å²) in [5, 5.41) is 2.38. The average molecular weight is 242 g/mol. The maximum absolute atomic E-state index is 13.4. The average Bonchev–Trinajstić information content (AvgIpc) is 2.25. The highest BCUT2D eigenvalue weighted by molar-refractivity contribution is 7.80. The van der Waals surface area contributed by atoms with Gasteiger partial charge < -0.3 is 15.8 Å². The molecule has 0 unspecified atom stereocenters. The van der Waals surface area contributed by atoms with Crippen molar-refractivity contribution in [2.45, 2.75) is 0 Å². The highest BCUT2D eigenvalue weighted by atomic mass is 32.1. The molecule has 0 heterocycles. The summed E-state index contributed by atoms with van der Waals surface area (Å²) in [5.74, 6) is -0.726. The first-order valence-electron chi connectivity index (χ1n) is 4.48. The first kappa shape index (κ1) is 12.4. The molecule has 3 N–H and O–H groups in total. The zero-order chi connectivity index (χ0) is 12.1. The predicted octanol–water partition coefficient (Wildman–Crippen LogP) is 0.585. The molecule has 0 atom stereocenters. The summed E-state index contributed by atoms with van der Waals surface area (Å²) >= 11 is 4.70. The zero-order valence-electron chi connectivity index (χ0n) is 8.62. The number of amides is 1. The number of hydrogen-bond acceptors (Lipinski definition) is 3. The molecule has 0 aliphatic rings. The van der Waals surface area contributed by atoms with Gasteiger partial charge in [0.2, 0.25) is 0 Å². The Balaban J connectivity index is 2.91. The third-order valence-electron chi connectivity index (χ3n) is 1.86. The number of carbonyl (C=O) groups excluding carboxylic acids is 1. The van der Waals surface area contributed by atoms with Crippen molar-refractivity contribution in [3.05, 3.63) is 29.6 Å². The van der Waals surface area contributed by atoms with E-state index in [-0.39, 0.29) is 28.8 Å². The second-order valence-electron chi connectivity index (χ2n) is 2.94. The van der Waals surface area contributed by atoms with Crippen LogP contribution >= 0.6 is 12.2 Å². The maximum atomic E-state index is 13.4. The summed E-state index contributed by atoms with van der Waals surface area (Å²) < 4.78 is 18.5. The molecule has 0 bridgehead atoms. The van der Waals surface area contributed by atoms with Crippen LogP contribution in [0, 0.1) is 5.82 Å². The van der Waals surface area contributed by atoms with Gasteiger partial charge in [0.1, 0.15) is 16.6 Å². The molecule has 0 radical (unpaired) electrons. The van der Waals surface area contributed by atoms with Crippen LogP contribution in [0.15, 0.2) is 18.2 Å². The van der Waals surface area contributed by atoms with Crippen LogP contribution in [0.25, 0.3) is 0 Å². The molecule has 1 amide bonds. The molecule has 6 heteroatoms. The predicted molar refractivity (Wildman–Crippen MR) is 61.8 cm³/mol. The minimum atomic E-state index is -0.568. The fraction of sp³-hybridized carbons (Fsp3) is 0.200. The molecule has 0 spiro atoms. The van der Waals surface area contributed by atoms with E-state index in [0.717, 1.165) is 0 Å². The van der Waals surface area contributed by atoms with Crippen LogP contribution in [0.4, 0.5) is 4.39 Å². The fourth-order valence-electron chi connectivity index (χ4n) is 1.08. The number of likely N-dealkylation sites (N-methyl/N-ethyl adjacent to an activating group) is 1. The summed E-state index contributed by atoms with van der Waals surface area (Å²) in [7, 11) is 1.48. The van der Waals surface area contributed by atoms with Crippen molar-refractivity contribution in [2.75, 3.05) is 13.7 Å². The Morgan fingerprint density at radius 3 is 2.88 bits per heavy atom. The SMILES string of the molecule is CNC(=O)COc1cccc(F)c1C(N)=S. The second kappa shape index (κ2) is 5.41. The lowest BCUT2D eigenvalue weighted by Gasteiger charge is -2.10. The Morgan fingerprint density at radius 1 is 1.62 bits per heavy atom. The minimum Gasteiger partial charge on any atom is -0.483 e. The smallest absolute Gasteiger partial charge is 0.257 e.